The minimum Gasteiger partial charge on any atom is -0.256 e. The second-order valence-electron chi connectivity index (χ2n) is 3.18. The van der Waals surface area contributed by atoms with Crippen LogP contribution >= 0.6 is 15.9 Å². The first kappa shape index (κ1) is 9.41. The molecule has 0 saturated heterocycles. The lowest BCUT2D eigenvalue weighted by molar-refractivity contribution is 1.27. The standard InChI is InChI=1S/C12H10BrN/c1-9-4-3-7-14-12(9)10-5-2-6-11(13)8-10/h2-8H,1H3. The van der Waals surface area contributed by atoms with Gasteiger partial charge in [0.05, 0.1) is 5.69 Å². The fraction of sp³-hybridized carbons (Fsp3) is 0.0833. The van der Waals surface area contributed by atoms with Crippen molar-refractivity contribution in [2.75, 3.05) is 0 Å². The van der Waals surface area contributed by atoms with Crippen LogP contribution in [0.1, 0.15) is 5.56 Å². The SMILES string of the molecule is Cc1cccnc1-c1cccc(Br)c1. The van der Waals surface area contributed by atoms with Crippen molar-refractivity contribution in [3.05, 3.63) is 52.6 Å². The molecule has 0 N–H and O–H groups in total. The van der Waals surface area contributed by atoms with E-state index >= 15 is 0 Å². The summed E-state index contributed by atoms with van der Waals surface area (Å²) in [7, 11) is 0. The van der Waals surface area contributed by atoms with E-state index in [4.69, 9.17) is 0 Å². The van der Waals surface area contributed by atoms with Gasteiger partial charge in [0, 0.05) is 16.2 Å². The third-order valence-corrected chi connectivity index (χ3v) is 2.60. The van der Waals surface area contributed by atoms with E-state index in [1.807, 2.05) is 24.4 Å². The molecule has 0 aliphatic carbocycles. The minimum atomic E-state index is 1.05. The number of benzene rings is 1. The number of pyridine rings is 1. The van der Waals surface area contributed by atoms with E-state index < -0.39 is 0 Å². The number of halogens is 1. The van der Waals surface area contributed by atoms with Crippen molar-refractivity contribution >= 4 is 15.9 Å². The Labute approximate surface area is 91.9 Å². The molecule has 0 atom stereocenters. The smallest absolute Gasteiger partial charge is 0.0731 e. The summed E-state index contributed by atoms with van der Waals surface area (Å²) in [6.45, 7) is 2.07. The molecule has 1 aromatic carbocycles. The van der Waals surface area contributed by atoms with E-state index in [-0.39, 0.29) is 0 Å². The highest BCUT2D eigenvalue weighted by molar-refractivity contribution is 9.10. The molecule has 0 aliphatic rings. The minimum absolute atomic E-state index is 1.05. The molecule has 0 unspecified atom stereocenters. The van der Waals surface area contributed by atoms with E-state index in [9.17, 15) is 0 Å². The normalized spacial score (nSPS) is 10.1. The summed E-state index contributed by atoms with van der Waals surface area (Å²) >= 11 is 3.46. The number of hydrogen-bond donors (Lipinski definition) is 0. The fourth-order valence-corrected chi connectivity index (χ4v) is 1.82. The maximum atomic E-state index is 4.37. The summed E-state index contributed by atoms with van der Waals surface area (Å²) in [4.78, 5) is 4.37. The molecule has 0 radical (unpaired) electrons. The van der Waals surface area contributed by atoms with Gasteiger partial charge in [-0.25, -0.2) is 0 Å². The molecular formula is C12H10BrN. The molecule has 2 rings (SSSR count). The lowest BCUT2D eigenvalue weighted by atomic mass is 10.1. The first-order valence-corrected chi connectivity index (χ1v) is 5.24. The Morgan fingerprint density at radius 3 is 2.71 bits per heavy atom. The van der Waals surface area contributed by atoms with E-state index in [0.29, 0.717) is 0 Å². The number of rotatable bonds is 1. The van der Waals surface area contributed by atoms with Crippen LogP contribution in [0.3, 0.4) is 0 Å². The molecule has 2 heteroatoms. The molecule has 0 aliphatic heterocycles. The third-order valence-electron chi connectivity index (χ3n) is 2.11. The van der Waals surface area contributed by atoms with Gasteiger partial charge >= 0.3 is 0 Å². The number of hydrogen-bond acceptors (Lipinski definition) is 1. The van der Waals surface area contributed by atoms with Crippen LogP contribution in [0.15, 0.2) is 47.1 Å². The number of aryl methyl sites for hydroxylation is 1. The highest BCUT2D eigenvalue weighted by Gasteiger charge is 2.01. The summed E-state index contributed by atoms with van der Waals surface area (Å²) in [5, 5.41) is 0. The highest BCUT2D eigenvalue weighted by Crippen LogP contribution is 2.23. The zero-order chi connectivity index (χ0) is 9.97. The van der Waals surface area contributed by atoms with Gasteiger partial charge in [0.2, 0.25) is 0 Å². The molecular weight excluding hydrogens is 238 g/mol. The zero-order valence-electron chi connectivity index (χ0n) is 7.87. The van der Waals surface area contributed by atoms with Crippen LogP contribution in [-0.2, 0) is 0 Å². The van der Waals surface area contributed by atoms with Gasteiger partial charge in [-0.15, -0.1) is 0 Å². The van der Waals surface area contributed by atoms with Gasteiger partial charge in [0.15, 0.2) is 0 Å². The Morgan fingerprint density at radius 1 is 1.14 bits per heavy atom. The second kappa shape index (κ2) is 3.93. The summed E-state index contributed by atoms with van der Waals surface area (Å²) in [5.41, 5.74) is 3.40. The Morgan fingerprint density at radius 2 is 2.00 bits per heavy atom. The van der Waals surface area contributed by atoms with Crippen molar-refractivity contribution in [1.82, 2.24) is 4.98 Å². The fourth-order valence-electron chi connectivity index (χ4n) is 1.42. The van der Waals surface area contributed by atoms with E-state index in [1.54, 1.807) is 0 Å². The highest BCUT2D eigenvalue weighted by atomic mass is 79.9. The van der Waals surface area contributed by atoms with Gasteiger partial charge in [-0.05, 0) is 30.7 Å². The Bertz CT molecular complexity index is 452. The predicted molar refractivity (Wildman–Crippen MR) is 62.1 cm³/mol. The second-order valence-corrected chi connectivity index (χ2v) is 4.09. The molecule has 1 nitrogen and oxygen atoms in total. The summed E-state index contributed by atoms with van der Waals surface area (Å²) < 4.78 is 1.08. The summed E-state index contributed by atoms with van der Waals surface area (Å²) in [6.07, 6.45) is 1.82. The van der Waals surface area contributed by atoms with Gasteiger partial charge < -0.3 is 0 Å². The molecule has 0 amide bonds. The Kier molecular flexibility index (Phi) is 2.64. The monoisotopic (exact) mass is 247 g/mol. The largest absolute Gasteiger partial charge is 0.256 e. The lowest BCUT2D eigenvalue weighted by Crippen LogP contribution is -1.86. The zero-order valence-corrected chi connectivity index (χ0v) is 9.45. The number of aromatic nitrogens is 1. The average Bonchev–Trinajstić information content (AvgIpc) is 2.18. The van der Waals surface area contributed by atoms with E-state index in [2.05, 4.69) is 46.0 Å². The first-order valence-electron chi connectivity index (χ1n) is 4.45. The third kappa shape index (κ3) is 1.85. The van der Waals surface area contributed by atoms with Gasteiger partial charge in [-0.2, -0.15) is 0 Å². The van der Waals surface area contributed by atoms with Crippen molar-refractivity contribution in [3.8, 4) is 11.3 Å². The van der Waals surface area contributed by atoms with Crippen LogP contribution < -0.4 is 0 Å². The number of nitrogens with zero attached hydrogens (tertiary/aromatic N) is 1. The molecule has 70 valence electrons. The van der Waals surface area contributed by atoms with Gasteiger partial charge in [-0.1, -0.05) is 34.1 Å². The quantitative estimate of drug-likeness (QED) is 0.747. The van der Waals surface area contributed by atoms with Crippen LogP contribution in [0.25, 0.3) is 11.3 Å². The van der Waals surface area contributed by atoms with Crippen molar-refractivity contribution in [2.24, 2.45) is 0 Å². The van der Waals surface area contributed by atoms with Crippen molar-refractivity contribution in [2.45, 2.75) is 6.92 Å². The Balaban J connectivity index is 2.55. The summed E-state index contributed by atoms with van der Waals surface area (Å²) in [6, 6.07) is 12.2. The van der Waals surface area contributed by atoms with Crippen molar-refractivity contribution in [1.29, 1.82) is 0 Å². The molecule has 1 heterocycles. The van der Waals surface area contributed by atoms with E-state index in [0.717, 1.165) is 15.7 Å². The van der Waals surface area contributed by atoms with Crippen molar-refractivity contribution < 1.29 is 0 Å². The predicted octanol–water partition coefficient (Wildman–Crippen LogP) is 3.82. The molecule has 0 spiro atoms. The maximum absolute atomic E-state index is 4.37. The van der Waals surface area contributed by atoms with E-state index in [1.165, 1.54) is 5.56 Å². The van der Waals surface area contributed by atoms with Gasteiger partial charge in [0.1, 0.15) is 0 Å². The first-order chi connectivity index (χ1) is 6.77. The molecule has 0 saturated carbocycles. The van der Waals surface area contributed by atoms with Crippen LogP contribution in [0.4, 0.5) is 0 Å². The Hall–Kier alpha value is -1.15. The molecule has 1 aromatic heterocycles. The van der Waals surface area contributed by atoms with Crippen molar-refractivity contribution in [3.63, 3.8) is 0 Å². The molecule has 14 heavy (non-hydrogen) atoms. The van der Waals surface area contributed by atoms with Gasteiger partial charge in [-0.3, -0.25) is 4.98 Å². The summed E-state index contributed by atoms with van der Waals surface area (Å²) in [5.74, 6) is 0. The van der Waals surface area contributed by atoms with Crippen LogP contribution in [0.5, 0.6) is 0 Å². The van der Waals surface area contributed by atoms with Crippen LogP contribution in [0, 0.1) is 6.92 Å². The average molecular weight is 248 g/mol. The van der Waals surface area contributed by atoms with Gasteiger partial charge in [0.25, 0.3) is 0 Å². The topological polar surface area (TPSA) is 12.9 Å². The molecule has 2 aromatic rings. The maximum Gasteiger partial charge on any atom is 0.0731 e. The molecule has 0 bridgehead atoms. The lowest BCUT2D eigenvalue weighted by Gasteiger charge is -2.04. The van der Waals surface area contributed by atoms with Crippen LogP contribution in [-0.4, -0.2) is 4.98 Å². The molecule has 0 fully saturated rings. The van der Waals surface area contributed by atoms with Crippen LogP contribution in [0.2, 0.25) is 0 Å².